The highest BCUT2D eigenvalue weighted by Gasteiger charge is 2.25. The van der Waals surface area contributed by atoms with Crippen molar-refractivity contribution in [3.63, 3.8) is 0 Å². The van der Waals surface area contributed by atoms with E-state index in [4.69, 9.17) is 5.11 Å². The number of aliphatic carboxylic acids is 1. The Bertz CT molecular complexity index is 274. The number of unbranched alkanes of at least 4 members (excludes halogenated alkanes) is 9. The van der Waals surface area contributed by atoms with Gasteiger partial charge >= 0.3 is 5.97 Å². The van der Waals surface area contributed by atoms with E-state index in [-0.39, 0.29) is 6.04 Å². The van der Waals surface area contributed by atoms with E-state index in [1.54, 1.807) is 0 Å². The molecule has 2 atom stereocenters. The Morgan fingerprint density at radius 3 is 2.19 bits per heavy atom. The highest BCUT2D eigenvalue weighted by Crippen LogP contribution is 2.23. The molecule has 0 aromatic rings. The normalized spacial score (nSPS) is 22.3. The average Bonchev–Trinajstić information content (AvgIpc) is 2.49. The summed E-state index contributed by atoms with van der Waals surface area (Å²) >= 11 is 1.89. The average molecular weight is 316 g/mol. The van der Waals surface area contributed by atoms with E-state index in [0.29, 0.717) is 5.37 Å². The fourth-order valence-corrected chi connectivity index (χ4v) is 4.11. The van der Waals surface area contributed by atoms with Crippen molar-refractivity contribution in [3.8, 4) is 0 Å². The second-order valence-electron chi connectivity index (χ2n) is 6.18. The molecule has 0 bridgehead atoms. The number of nitrogens with one attached hydrogen (secondary N) is 1. The maximum atomic E-state index is 11.0. The molecule has 0 saturated carbocycles. The fourth-order valence-electron chi connectivity index (χ4n) is 2.86. The Morgan fingerprint density at radius 1 is 1.05 bits per heavy atom. The molecule has 0 aliphatic carbocycles. The minimum atomic E-state index is -0.691. The van der Waals surface area contributed by atoms with Gasteiger partial charge < -0.3 is 5.11 Å². The molecule has 4 heteroatoms. The van der Waals surface area contributed by atoms with Crippen LogP contribution in [0.4, 0.5) is 0 Å². The lowest BCUT2D eigenvalue weighted by molar-refractivity contribution is -0.139. The molecular weight excluding hydrogens is 282 g/mol. The van der Waals surface area contributed by atoms with Gasteiger partial charge in [0.2, 0.25) is 0 Å². The Hall–Kier alpha value is -0.220. The van der Waals surface area contributed by atoms with Crippen molar-refractivity contribution < 1.29 is 9.90 Å². The Balaban J connectivity index is 1.89. The van der Waals surface area contributed by atoms with Crippen LogP contribution < -0.4 is 5.32 Å². The van der Waals surface area contributed by atoms with Crippen molar-refractivity contribution >= 4 is 17.7 Å². The topological polar surface area (TPSA) is 49.3 Å². The summed E-state index contributed by atoms with van der Waals surface area (Å²) in [6.45, 7) is 2.26. The smallest absolute Gasteiger partial charge is 0.320 e. The third kappa shape index (κ3) is 9.41. The van der Waals surface area contributed by atoms with Crippen LogP contribution in [0.2, 0.25) is 0 Å². The summed E-state index contributed by atoms with van der Waals surface area (Å²) in [5.41, 5.74) is 0. The van der Waals surface area contributed by atoms with Crippen LogP contribution in [0.3, 0.4) is 0 Å². The molecule has 3 nitrogen and oxygen atoms in total. The molecule has 21 heavy (non-hydrogen) atoms. The first-order valence-electron chi connectivity index (χ1n) is 8.84. The zero-order chi connectivity index (χ0) is 15.3. The number of carboxylic acid groups (broad SMARTS) is 1. The third-order valence-corrected chi connectivity index (χ3v) is 5.48. The number of hydrogen-bond donors (Lipinski definition) is 2. The molecule has 1 aliphatic heterocycles. The summed E-state index contributed by atoms with van der Waals surface area (Å²) in [5.74, 6) is 0.287. The largest absolute Gasteiger partial charge is 0.480 e. The van der Waals surface area contributed by atoms with Gasteiger partial charge in [0.15, 0.2) is 0 Å². The number of carboxylic acids is 1. The molecule has 1 aliphatic rings. The maximum Gasteiger partial charge on any atom is 0.320 e. The van der Waals surface area contributed by atoms with Crippen molar-refractivity contribution in [2.75, 3.05) is 5.75 Å². The zero-order valence-corrected chi connectivity index (χ0v) is 14.4. The first-order valence-corrected chi connectivity index (χ1v) is 9.89. The molecule has 1 fully saturated rings. The number of rotatable bonds is 12. The standard InChI is InChI=1S/C17H33NO2S/c1-2-3-4-5-6-7-8-9-10-11-12-16-18-15(17(19)20)13-14-21-16/h15-16,18H,2-14H2,1H3,(H,19,20)/t15-,16+/m0/s1. The highest BCUT2D eigenvalue weighted by atomic mass is 32.2. The van der Waals surface area contributed by atoms with Gasteiger partial charge in [0.1, 0.15) is 6.04 Å². The van der Waals surface area contributed by atoms with E-state index in [9.17, 15) is 4.79 Å². The van der Waals surface area contributed by atoms with Crippen molar-refractivity contribution in [3.05, 3.63) is 0 Å². The first-order chi connectivity index (χ1) is 10.2. The van der Waals surface area contributed by atoms with Gasteiger partial charge in [-0.1, -0.05) is 71.1 Å². The SMILES string of the molecule is CCCCCCCCCCCC[C@@H]1N[C@H](C(=O)O)CCS1. The van der Waals surface area contributed by atoms with Crippen LogP contribution in [0.1, 0.15) is 84.0 Å². The fraction of sp³-hybridized carbons (Fsp3) is 0.941. The van der Waals surface area contributed by atoms with E-state index >= 15 is 0 Å². The van der Waals surface area contributed by atoms with Gasteiger partial charge in [-0.05, 0) is 18.6 Å². The van der Waals surface area contributed by atoms with E-state index in [2.05, 4.69) is 12.2 Å². The Kier molecular flexibility index (Phi) is 11.1. The minimum Gasteiger partial charge on any atom is -0.480 e. The molecule has 0 aromatic heterocycles. The van der Waals surface area contributed by atoms with Crippen molar-refractivity contribution in [2.45, 2.75) is 95.4 Å². The van der Waals surface area contributed by atoms with Crippen LogP contribution in [-0.2, 0) is 4.79 Å². The van der Waals surface area contributed by atoms with Gasteiger partial charge in [-0.2, -0.15) is 0 Å². The van der Waals surface area contributed by atoms with Crippen LogP contribution in [0.5, 0.6) is 0 Å². The van der Waals surface area contributed by atoms with Gasteiger partial charge in [0, 0.05) is 0 Å². The van der Waals surface area contributed by atoms with E-state index in [1.807, 2.05) is 11.8 Å². The number of carbonyl (C=O) groups is 1. The molecule has 0 aromatic carbocycles. The van der Waals surface area contributed by atoms with Gasteiger partial charge in [-0.25, -0.2) is 0 Å². The van der Waals surface area contributed by atoms with Crippen LogP contribution >= 0.6 is 11.8 Å². The predicted octanol–water partition coefficient (Wildman–Crippen LogP) is 4.80. The van der Waals surface area contributed by atoms with Crippen LogP contribution in [-0.4, -0.2) is 28.2 Å². The van der Waals surface area contributed by atoms with Crippen LogP contribution in [0.25, 0.3) is 0 Å². The number of thioether (sulfide) groups is 1. The van der Waals surface area contributed by atoms with Crippen molar-refractivity contribution in [2.24, 2.45) is 0 Å². The zero-order valence-electron chi connectivity index (χ0n) is 13.6. The molecule has 0 unspecified atom stereocenters. The van der Waals surface area contributed by atoms with Gasteiger partial charge in [0.25, 0.3) is 0 Å². The number of hydrogen-bond acceptors (Lipinski definition) is 3. The summed E-state index contributed by atoms with van der Waals surface area (Å²) in [6, 6.07) is -0.320. The highest BCUT2D eigenvalue weighted by molar-refractivity contribution is 7.99. The maximum absolute atomic E-state index is 11.0. The first kappa shape index (κ1) is 18.8. The predicted molar refractivity (Wildman–Crippen MR) is 91.9 cm³/mol. The van der Waals surface area contributed by atoms with E-state index < -0.39 is 5.97 Å². The molecular formula is C17H33NO2S. The molecule has 1 heterocycles. The Labute approximate surface area is 134 Å². The quantitative estimate of drug-likeness (QED) is 0.508. The van der Waals surface area contributed by atoms with Gasteiger partial charge in [0.05, 0.1) is 5.37 Å². The van der Waals surface area contributed by atoms with Crippen molar-refractivity contribution in [1.82, 2.24) is 5.32 Å². The lowest BCUT2D eigenvalue weighted by Crippen LogP contribution is -2.45. The van der Waals surface area contributed by atoms with E-state index in [1.165, 1.54) is 64.2 Å². The molecule has 124 valence electrons. The Morgan fingerprint density at radius 2 is 1.62 bits per heavy atom. The summed E-state index contributed by atoms with van der Waals surface area (Å²) in [4.78, 5) is 11.0. The molecule has 1 saturated heterocycles. The van der Waals surface area contributed by atoms with Gasteiger partial charge in [-0.3, -0.25) is 10.1 Å². The lowest BCUT2D eigenvalue weighted by atomic mass is 10.1. The van der Waals surface area contributed by atoms with E-state index in [0.717, 1.165) is 18.6 Å². The molecule has 0 spiro atoms. The summed E-state index contributed by atoms with van der Waals surface area (Å²) in [5, 5.41) is 12.6. The molecule has 1 rings (SSSR count). The van der Waals surface area contributed by atoms with Crippen molar-refractivity contribution in [1.29, 1.82) is 0 Å². The minimum absolute atomic E-state index is 0.320. The summed E-state index contributed by atoms with van der Waals surface area (Å²) in [6.07, 6.45) is 15.4. The summed E-state index contributed by atoms with van der Waals surface area (Å²) < 4.78 is 0. The molecule has 2 N–H and O–H groups in total. The summed E-state index contributed by atoms with van der Waals surface area (Å²) in [7, 11) is 0. The van der Waals surface area contributed by atoms with Crippen LogP contribution in [0.15, 0.2) is 0 Å². The molecule has 0 amide bonds. The second kappa shape index (κ2) is 12.3. The second-order valence-corrected chi connectivity index (χ2v) is 7.49. The third-order valence-electron chi connectivity index (χ3n) is 4.23. The monoisotopic (exact) mass is 315 g/mol. The molecule has 0 radical (unpaired) electrons. The van der Waals surface area contributed by atoms with Crippen LogP contribution in [0, 0.1) is 0 Å². The van der Waals surface area contributed by atoms with Gasteiger partial charge in [-0.15, -0.1) is 11.8 Å². The lowest BCUT2D eigenvalue weighted by Gasteiger charge is -2.28.